The van der Waals surface area contributed by atoms with Gasteiger partial charge in [0, 0.05) is 5.56 Å². The van der Waals surface area contributed by atoms with Crippen LogP contribution in [0.1, 0.15) is 5.56 Å². The van der Waals surface area contributed by atoms with E-state index in [1.54, 1.807) is 30.3 Å². The Labute approximate surface area is 93.7 Å². The molecule has 0 saturated heterocycles. The Morgan fingerprint density at radius 3 is 2.62 bits per heavy atom. The van der Waals surface area contributed by atoms with Crippen molar-refractivity contribution in [2.45, 2.75) is 0 Å². The molecular weight excluding hydrogens is 206 g/mol. The Bertz CT molecular complexity index is 458. The molecule has 0 radical (unpaired) electrons. The lowest BCUT2D eigenvalue weighted by Gasteiger charge is -2.04. The van der Waals surface area contributed by atoms with Gasteiger partial charge in [0.15, 0.2) is 0 Å². The maximum absolute atomic E-state index is 11.2. The van der Waals surface area contributed by atoms with Crippen LogP contribution in [0.2, 0.25) is 0 Å². The molecule has 0 amide bonds. The second kappa shape index (κ2) is 5.56. The van der Waals surface area contributed by atoms with Gasteiger partial charge in [0.1, 0.15) is 17.4 Å². The summed E-state index contributed by atoms with van der Waals surface area (Å²) < 4.78 is 9.58. The van der Waals surface area contributed by atoms with Crippen molar-refractivity contribution in [1.82, 2.24) is 0 Å². The summed E-state index contributed by atoms with van der Waals surface area (Å²) in [7, 11) is 2.76. The van der Waals surface area contributed by atoms with Crippen molar-refractivity contribution in [1.29, 1.82) is 5.26 Å². The monoisotopic (exact) mass is 217 g/mol. The van der Waals surface area contributed by atoms with Crippen LogP contribution < -0.4 is 4.74 Å². The van der Waals surface area contributed by atoms with Crippen LogP contribution in [0.4, 0.5) is 0 Å². The number of nitriles is 1. The lowest BCUT2D eigenvalue weighted by molar-refractivity contribution is -0.135. The fourth-order valence-electron chi connectivity index (χ4n) is 1.19. The van der Waals surface area contributed by atoms with E-state index in [9.17, 15) is 4.79 Å². The predicted molar refractivity (Wildman–Crippen MR) is 58.6 cm³/mol. The molecule has 0 aliphatic rings. The van der Waals surface area contributed by atoms with Gasteiger partial charge >= 0.3 is 5.97 Å². The van der Waals surface area contributed by atoms with Crippen LogP contribution in [0, 0.1) is 11.3 Å². The molecule has 0 N–H and O–H groups in total. The van der Waals surface area contributed by atoms with Crippen LogP contribution in [0.5, 0.6) is 5.75 Å². The third kappa shape index (κ3) is 2.61. The van der Waals surface area contributed by atoms with Crippen LogP contribution in [-0.4, -0.2) is 20.2 Å². The van der Waals surface area contributed by atoms with Crippen molar-refractivity contribution in [2.24, 2.45) is 0 Å². The van der Waals surface area contributed by atoms with E-state index >= 15 is 0 Å². The van der Waals surface area contributed by atoms with Crippen molar-refractivity contribution in [2.75, 3.05) is 14.2 Å². The number of para-hydroxylation sites is 1. The number of methoxy groups -OCH3 is 2. The zero-order chi connectivity index (χ0) is 12.0. The number of hydrogen-bond acceptors (Lipinski definition) is 4. The zero-order valence-electron chi connectivity index (χ0n) is 9.06. The molecule has 0 atom stereocenters. The average molecular weight is 217 g/mol. The summed E-state index contributed by atoms with van der Waals surface area (Å²) in [6.07, 6.45) is 1.44. The average Bonchev–Trinajstić information content (AvgIpc) is 2.35. The number of carbonyl (C=O) groups excluding carboxylic acids is 1. The van der Waals surface area contributed by atoms with Gasteiger partial charge in [-0.15, -0.1) is 0 Å². The summed E-state index contributed by atoms with van der Waals surface area (Å²) in [5, 5.41) is 8.79. The molecule has 0 aliphatic carbocycles. The van der Waals surface area contributed by atoms with Crippen molar-refractivity contribution in [3.05, 3.63) is 35.4 Å². The van der Waals surface area contributed by atoms with Gasteiger partial charge in [-0.05, 0) is 12.1 Å². The highest BCUT2D eigenvalue weighted by molar-refractivity contribution is 5.98. The minimum Gasteiger partial charge on any atom is -0.496 e. The van der Waals surface area contributed by atoms with E-state index in [0.29, 0.717) is 11.3 Å². The smallest absolute Gasteiger partial charge is 0.348 e. The van der Waals surface area contributed by atoms with E-state index < -0.39 is 5.97 Å². The Hall–Kier alpha value is -2.28. The third-order valence-electron chi connectivity index (χ3n) is 1.96. The molecule has 0 aromatic heterocycles. The molecule has 4 nitrogen and oxygen atoms in total. The molecule has 0 heterocycles. The summed E-state index contributed by atoms with van der Waals surface area (Å²) in [4.78, 5) is 11.2. The number of hydrogen-bond donors (Lipinski definition) is 0. The summed E-state index contributed by atoms with van der Waals surface area (Å²) in [6.45, 7) is 0. The fourth-order valence-corrected chi connectivity index (χ4v) is 1.19. The lowest BCUT2D eigenvalue weighted by atomic mass is 10.1. The standard InChI is InChI=1S/C12H11NO3/c1-15-11-6-4-3-5-9(11)7-10(8-13)12(14)16-2/h3-7H,1-2H3/b10-7-. The van der Waals surface area contributed by atoms with Gasteiger partial charge in [-0.1, -0.05) is 18.2 Å². The summed E-state index contributed by atoms with van der Waals surface area (Å²) in [5.74, 6) is -0.0624. The number of benzene rings is 1. The molecule has 4 heteroatoms. The molecule has 0 bridgehead atoms. The molecule has 82 valence electrons. The molecule has 0 spiro atoms. The van der Waals surface area contributed by atoms with Crippen LogP contribution in [-0.2, 0) is 9.53 Å². The third-order valence-corrected chi connectivity index (χ3v) is 1.96. The van der Waals surface area contributed by atoms with Gasteiger partial charge in [-0.3, -0.25) is 0 Å². The van der Waals surface area contributed by atoms with Gasteiger partial charge < -0.3 is 9.47 Å². The first-order valence-corrected chi connectivity index (χ1v) is 4.56. The number of rotatable bonds is 3. The Balaban J connectivity index is 3.14. The van der Waals surface area contributed by atoms with Crippen molar-refractivity contribution in [3.63, 3.8) is 0 Å². The molecule has 0 unspecified atom stereocenters. The van der Waals surface area contributed by atoms with Gasteiger partial charge in [-0.25, -0.2) is 4.79 Å². The topological polar surface area (TPSA) is 59.3 Å². The molecule has 0 fully saturated rings. The Morgan fingerprint density at radius 1 is 1.38 bits per heavy atom. The second-order valence-corrected chi connectivity index (χ2v) is 2.90. The van der Waals surface area contributed by atoms with E-state index in [1.807, 2.05) is 0 Å². The highest BCUT2D eigenvalue weighted by atomic mass is 16.5. The minimum atomic E-state index is -0.659. The van der Waals surface area contributed by atoms with Gasteiger partial charge in [0.25, 0.3) is 0 Å². The second-order valence-electron chi connectivity index (χ2n) is 2.90. The fraction of sp³-hybridized carbons (Fsp3) is 0.167. The first kappa shape index (κ1) is 11.8. The summed E-state index contributed by atoms with van der Waals surface area (Å²) in [5.41, 5.74) is 0.596. The maximum Gasteiger partial charge on any atom is 0.348 e. The van der Waals surface area contributed by atoms with Gasteiger partial charge in [-0.2, -0.15) is 5.26 Å². The molecule has 1 rings (SSSR count). The number of carbonyl (C=O) groups is 1. The Kier molecular flexibility index (Phi) is 4.10. The minimum absolute atomic E-state index is 0.0630. The summed E-state index contributed by atoms with van der Waals surface area (Å²) >= 11 is 0. The summed E-state index contributed by atoms with van der Waals surface area (Å²) in [6, 6.07) is 8.88. The normalized spacial score (nSPS) is 10.4. The molecule has 16 heavy (non-hydrogen) atoms. The molecule has 0 aliphatic heterocycles. The maximum atomic E-state index is 11.2. The molecule has 1 aromatic carbocycles. The lowest BCUT2D eigenvalue weighted by Crippen LogP contribution is -2.02. The van der Waals surface area contributed by atoms with Crippen LogP contribution >= 0.6 is 0 Å². The first-order chi connectivity index (χ1) is 7.72. The van der Waals surface area contributed by atoms with Crippen LogP contribution in [0.25, 0.3) is 6.08 Å². The Morgan fingerprint density at radius 2 is 2.06 bits per heavy atom. The van der Waals surface area contributed by atoms with E-state index in [1.165, 1.54) is 20.3 Å². The SMILES string of the molecule is COC(=O)/C(C#N)=C\c1ccccc1OC. The molecule has 1 aromatic rings. The first-order valence-electron chi connectivity index (χ1n) is 4.56. The van der Waals surface area contributed by atoms with Crippen molar-refractivity contribution < 1.29 is 14.3 Å². The van der Waals surface area contributed by atoms with E-state index in [0.717, 1.165) is 0 Å². The van der Waals surface area contributed by atoms with E-state index in [2.05, 4.69) is 4.74 Å². The highest BCUT2D eigenvalue weighted by Gasteiger charge is 2.09. The number of ether oxygens (including phenoxy) is 2. The number of esters is 1. The molecule has 0 saturated carbocycles. The predicted octanol–water partition coefficient (Wildman–Crippen LogP) is 1.78. The van der Waals surface area contributed by atoms with Gasteiger partial charge in [0.05, 0.1) is 14.2 Å². The zero-order valence-corrected chi connectivity index (χ0v) is 9.06. The van der Waals surface area contributed by atoms with Crippen molar-refractivity contribution >= 4 is 12.0 Å². The highest BCUT2D eigenvalue weighted by Crippen LogP contribution is 2.20. The van der Waals surface area contributed by atoms with Gasteiger partial charge in [0.2, 0.25) is 0 Å². The quantitative estimate of drug-likeness (QED) is 0.440. The molecular formula is C12H11NO3. The van der Waals surface area contributed by atoms with Crippen LogP contribution in [0.3, 0.4) is 0 Å². The van der Waals surface area contributed by atoms with E-state index in [-0.39, 0.29) is 5.57 Å². The number of nitrogens with zero attached hydrogens (tertiary/aromatic N) is 1. The van der Waals surface area contributed by atoms with Crippen molar-refractivity contribution in [3.8, 4) is 11.8 Å². The van der Waals surface area contributed by atoms with E-state index in [4.69, 9.17) is 10.00 Å². The van der Waals surface area contributed by atoms with Crippen LogP contribution in [0.15, 0.2) is 29.8 Å². The largest absolute Gasteiger partial charge is 0.496 e.